The van der Waals surface area contributed by atoms with E-state index >= 15 is 0 Å². The first-order valence-electron chi connectivity index (χ1n) is 4.50. The molecule has 0 radical (unpaired) electrons. The SMILES string of the molecule is Cl.N[C@@H](c1c(F)ccc(F)c1Cl)C1CC1. The summed E-state index contributed by atoms with van der Waals surface area (Å²) >= 11 is 5.67. The lowest BCUT2D eigenvalue weighted by atomic mass is 10.0. The summed E-state index contributed by atoms with van der Waals surface area (Å²) in [5, 5.41) is -0.176. The Bertz CT molecular complexity index is 367. The average molecular weight is 254 g/mol. The summed E-state index contributed by atoms with van der Waals surface area (Å²) in [6, 6.07) is 1.61. The fourth-order valence-corrected chi connectivity index (χ4v) is 1.82. The van der Waals surface area contributed by atoms with Crippen molar-refractivity contribution in [2.45, 2.75) is 18.9 Å². The first-order valence-corrected chi connectivity index (χ1v) is 4.88. The highest BCUT2D eigenvalue weighted by Crippen LogP contribution is 2.42. The summed E-state index contributed by atoms with van der Waals surface area (Å²) in [6.45, 7) is 0. The summed E-state index contributed by atoms with van der Waals surface area (Å²) < 4.78 is 26.4. The second kappa shape index (κ2) is 4.64. The van der Waals surface area contributed by atoms with E-state index in [9.17, 15) is 8.78 Å². The zero-order valence-electron chi connectivity index (χ0n) is 7.84. The molecule has 2 rings (SSSR count). The zero-order valence-corrected chi connectivity index (χ0v) is 9.42. The maximum atomic E-state index is 13.3. The summed E-state index contributed by atoms with van der Waals surface area (Å²) in [6.07, 6.45) is 1.93. The molecule has 5 heteroatoms. The van der Waals surface area contributed by atoms with Crippen LogP contribution in [0.25, 0.3) is 0 Å². The molecule has 84 valence electrons. The molecule has 1 nitrogen and oxygen atoms in total. The predicted molar refractivity (Wildman–Crippen MR) is 58.3 cm³/mol. The third-order valence-electron chi connectivity index (χ3n) is 2.54. The Morgan fingerprint density at radius 2 is 1.80 bits per heavy atom. The van der Waals surface area contributed by atoms with Crippen molar-refractivity contribution in [3.63, 3.8) is 0 Å². The molecule has 0 aliphatic heterocycles. The van der Waals surface area contributed by atoms with Gasteiger partial charge >= 0.3 is 0 Å². The number of nitrogens with two attached hydrogens (primary N) is 1. The second-order valence-electron chi connectivity index (χ2n) is 3.62. The van der Waals surface area contributed by atoms with Crippen LogP contribution in [-0.2, 0) is 0 Å². The fourth-order valence-electron chi connectivity index (χ4n) is 1.54. The highest BCUT2D eigenvalue weighted by Gasteiger charge is 2.33. The zero-order chi connectivity index (χ0) is 10.3. The summed E-state index contributed by atoms with van der Waals surface area (Å²) in [4.78, 5) is 0. The Morgan fingerprint density at radius 3 is 2.33 bits per heavy atom. The van der Waals surface area contributed by atoms with Crippen molar-refractivity contribution in [1.29, 1.82) is 0 Å². The highest BCUT2D eigenvalue weighted by atomic mass is 35.5. The van der Waals surface area contributed by atoms with Gasteiger partial charge in [0.25, 0.3) is 0 Å². The third kappa shape index (κ3) is 2.41. The second-order valence-corrected chi connectivity index (χ2v) is 4.00. The van der Waals surface area contributed by atoms with Gasteiger partial charge in [0.1, 0.15) is 11.6 Å². The Hall–Kier alpha value is -0.380. The maximum Gasteiger partial charge on any atom is 0.142 e. The summed E-state index contributed by atoms with van der Waals surface area (Å²) in [7, 11) is 0. The lowest BCUT2D eigenvalue weighted by Crippen LogP contribution is -2.15. The van der Waals surface area contributed by atoms with Crippen molar-refractivity contribution in [2.24, 2.45) is 11.7 Å². The standard InChI is InChI=1S/C10H10ClF2N.ClH/c11-9-7(13)4-3-6(12)8(9)10(14)5-1-2-5;/h3-5,10H,1-2,14H2;1H/t10-;/m1./s1. The van der Waals surface area contributed by atoms with Gasteiger partial charge in [-0.3, -0.25) is 0 Å². The fraction of sp³-hybridized carbons (Fsp3) is 0.400. The van der Waals surface area contributed by atoms with Crippen LogP contribution in [0.1, 0.15) is 24.4 Å². The molecule has 1 atom stereocenters. The van der Waals surface area contributed by atoms with E-state index in [4.69, 9.17) is 17.3 Å². The van der Waals surface area contributed by atoms with Crippen molar-refractivity contribution in [2.75, 3.05) is 0 Å². The van der Waals surface area contributed by atoms with Gasteiger partial charge in [0, 0.05) is 11.6 Å². The number of halogens is 4. The molecule has 1 saturated carbocycles. The van der Waals surface area contributed by atoms with Gasteiger partial charge in [-0.05, 0) is 30.9 Å². The number of rotatable bonds is 2. The van der Waals surface area contributed by atoms with Gasteiger partial charge in [0.2, 0.25) is 0 Å². The quantitative estimate of drug-likeness (QED) is 0.803. The van der Waals surface area contributed by atoms with Crippen LogP contribution in [-0.4, -0.2) is 0 Å². The van der Waals surface area contributed by atoms with Crippen molar-refractivity contribution < 1.29 is 8.78 Å². The molecule has 1 fully saturated rings. The van der Waals surface area contributed by atoms with E-state index < -0.39 is 17.7 Å². The molecule has 0 heterocycles. The van der Waals surface area contributed by atoms with E-state index in [-0.39, 0.29) is 28.9 Å². The smallest absolute Gasteiger partial charge is 0.142 e. The molecule has 1 aromatic rings. The maximum absolute atomic E-state index is 13.3. The van der Waals surface area contributed by atoms with Crippen LogP contribution in [0.2, 0.25) is 5.02 Å². The monoisotopic (exact) mass is 253 g/mol. The van der Waals surface area contributed by atoms with Gasteiger partial charge < -0.3 is 5.73 Å². The first-order chi connectivity index (χ1) is 6.61. The Kier molecular flexibility index (Phi) is 3.93. The molecule has 1 aromatic carbocycles. The lowest BCUT2D eigenvalue weighted by molar-refractivity contribution is 0.540. The van der Waals surface area contributed by atoms with E-state index in [0.29, 0.717) is 0 Å². The lowest BCUT2D eigenvalue weighted by Gasteiger charge is -2.13. The predicted octanol–water partition coefficient (Wildman–Crippen LogP) is 3.45. The Balaban J connectivity index is 0.00000112. The molecule has 0 saturated heterocycles. The van der Waals surface area contributed by atoms with Gasteiger partial charge in [-0.25, -0.2) is 8.78 Å². The van der Waals surface area contributed by atoms with Crippen LogP contribution in [0.15, 0.2) is 12.1 Å². The average Bonchev–Trinajstić information content (AvgIpc) is 2.95. The molecule has 0 unspecified atom stereocenters. The molecular formula is C10H11Cl2F2N. The molecule has 15 heavy (non-hydrogen) atoms. The molecular weight excluding hydrogens is 243 g/mol. The van der Waals surface area contributed by atoms with Crippen molar-refractivity contribution in [3.05, 3.63) is 34.4 Å². The molecule has 0 aromatic heterocycles. The van der Waals surface area contributed by atoms with Gasteiger partial charge in [0.05, 0.1) is 5.02 Å². The summed E-state index contributed by atoms with van der Waals surface area (Å²) in [5.74, 6) is -0.876. The minimum Gasteiger partial charge on any atom is -0.324 e. The van der Waals surface area contributed by atoms with Gasteiger partial charge in [-0.1, -0.05) is 11.6 Å². The Labute approximate surface area is 98.0 Å². The van der Waals surface area contributed by atoms with Crippen molar-refractivity contribution >= 4 is 24.0 Å². The van der Waals surface area contributed by atoms with E-state index in [1.54, 1.807) is 0 Å². The topological polar surface area (TPSA) is 26.0 Å². The number of hydrogen-bond donors (Lipinski definition) is 1. The van der Waals surface area contributed by atoms with Crippen LogP contribution in [0.3, 0.4) is 0 Å². The first kappa shape index (κ1) is 12.7. The molecule has 0 spiro atoms. The van der Waals surface area contributed by atoms with E-state index in [0.717, 1.165) is 25.0 Å². The van der Waals surface area contributed by atoms with Gasteiger partial charge in [0.15, 0.2) is 0 Å². The van der Waals surface area contributed by atoms with Crippen LogP contribution in [0, 0.1) is 17.6 Å². The van der Waals surface area contributed by atoms with Crippen LogP contribution in [0.5, 0.6) is 0 Å². The van der Waals surface area contributed by atoms with Crippen molar-refractivity contribution in [1.82, 2.24) is 0 Å². The van der Waals surface area contributed by atoms with Gasteiger partial charge in [-0.2, -0.15) is 0 Å². The molecule has 1 aliphatic carbocycles. The largest absolute Gasteiger partial charge is 0.324 e. The highest BCUT2D eigenvalue weighted by molar-refractivity contribution is 6.31. The normalized spacial score (nSPS) is 17.1. The number of benzene rings is 1. The van der Waals surface area contributed by atoms with E-state index in [2.05, 4.69) is 0 Å². The minimum atomic E-state index is -0.612. The minimum absolute atomic E-state index is 0. The van der Waals surface area contributed by atoms with E-state index in [1.807, 2.05) is 0 Å². The molecule has 0 amide bonds. The van der Waals surface area contributed by atoms with Gasteiger partial charge in [-0.15, -0.1) is 12.4 Å². The van der Waals surface area contributed by atoms with E-state index in [1.165, 1.54) is 0 Å². The summed E-state index contributed by atoms with van der Waals surface area (Å²) in [5.41, 5.74) is 5.90. The van der Waals surface area contributed by atoms with Crippen LogP contribution in [0.4, 0.5) is 8.78 Å². The Morgan fingerprint density at radius 1 is 1.27 bits per heavy atom. The van der Waals surface area contributed by atoms with Crippen LogP contribution >= 0.6 is 24.0 Å². The molecule has 0 bridgehead atoms. The van der Waals surface area contributed by atoms with Crippen LogP contribution < -0.4 is 5.73 Å². The molecule has 2 N–H and O–H groups in total. The number of hydrogen-bond acceptors (Lipinski definition) is 1. The van der Waals surface area contributed by atoms with Crippen molar-refractivity contribution in [3.8, 4) is 0 Å². The third-order valence-corrected chi connectivity index (χ3v) is 2.93. The molecule has 1 aliphatic rings.